The molecule has 0 bridgehead atoms. The van der Waals surface area contributed by atoms with Gasteiger partial charge >= 0.3 is 0 Å². The zero-order valence-corrected chi connectivity index (χ0v) is 12.9. The molecule has 3 aromatic rings. The number of nitrogens with one attached hydrogen (secondary N) is 1. The van der Waals surface area contributed by atoms with Gasteiger partial charge < -0.3 is 4.74 Å². The molecular formula is C20H18N2O. The molecule has 3 nitrogen and oxygen atoms in total. The molecule has 0 radical (unpaired) electrons. The maximum atomic E-state index is 5.19. The van der Waals surface area contributed by atoms with E-state index in [1.54, 1.807) is 7.11 Å². The second kappa shape index (κ2) is 7.27. The molecule has 3 rings (SSSR count). The lowest BCUT2D eigenvalue weighted by atomic mass is 10.0. The molecule has 0 aliphatic rings. The fourth-order valence-corrected chi connectivity index (χ4v) is 2.28. The molecule has 0 saturated carbocycles. The quantitative estimate of drug-likeness (QED) is 0.542. The lowest BCUT2D eigenvalue weighted by molar-refractivity contribution is 0.415. The monoisotopic (exact) mass is 302 g/mol. The minimum atomic E-state index is 0.860. The number of hydrogen-bond donors (Lipinski definition) is 1. The normalized spacial score (nSPS) is 10.7. The summed E-state index contributed by atoms with van der Waals surface area (Å²) in [5.41, 5.74) is 7.33. The molecule has 23 heavy (non-hydrogen) atoms. The maximum Gasteiger partial charge on any atom is 0.118 e. The van der Waals surface area contributed by atoms with E-state index in [4.69, 9.17) is 4.74 Å². The predicted octanol–water partition coefficient (Wildman–Crippen LogP) is 4.81. The first-order chi connectivity index (χ1) is 11.3. The van der Waals surface area contributed by atoms with Crippen LogP contribution in [-0.2, 0) is 0 Å². The molecule has 0 heterocycles. The molecule has 0 unspecified atom stereocenters. The van der Waals surface area contributed by atoms with Gasteiger partial charge in [-0.15, -0.1) is 0 Å². The fourth-order valence-electron chi connectivity index (χ4n) is 2.28. The van der Waals surface area contributed by atoms with Gasteiger partial charge in [0, 0.05) is 0 Å². The molecule has 0 aromatic heterocycles. The number of anilines is 1. The van der Waals surface area contributed by atoms with Crippen LogP contribution in [-0.4, -0.2) is 13.3 Å². The minimum Gasteiger partial charge on any atom is -0.497 e. The van der Waals surface area contributed by atoms with E-state index >= 15 is 0 Å². The van der Waals surface area contributed by atoms with Gasteiger partial charge in [-0.2, -0.15) is 5.10 Å². The van der Waals surface area contributed by atoms with E-state index in [-0.39, 0.29) is 0 Å². The van der Waals surface area contributed by atoms with Gasteiger partial charge in [-0.25, -0.2) is 0 Å². The van der Waals surface area contributed by atoms with Crippen molar-refractivity contribution in [1.82, 2.24) is 0 Å². The molecule has 3 aromatic carbocycles. The van der Waals surface area contributed by atoms with Gasteiger partial charge in [0.05, 0.1) is 19.0 Å². The average Bonchev–Trinajstić information content (AvgIpc) is 2.63. The summed E-state index contributed by atoms with van der Waals surface area (Å²) >= 11 is 0. The number of benzene rings is 3. The number of nitrogens with zero attached hydrogens (tertiary/aromatic N) is 1. The molecule has 114 valence electrons. The predicted molar refractivity (Wildman–Crippen MR) is 96.1 cm³/mol. The van der Waals surface area contributed by atoms with Crippen molar-refractivity contribution < 1.29 is 4.74 Å². The summed E-state index contributed by atoms with van der Waals surface area (Å²) in [5, 5.41) is 4.28. The van der Waals surface area contributed by atoms with Crippen molar-refractivity contribution in [3.63, 3.8) is 0 Å². The Hall–Kier alpha value is -3.07. The van der Waals surface area contributed by atoms with Crippen LogP contribution in [0.15, 0.2) is 84.0 Å². The Labute approximate surface area is 136 Å². The molecule has 1 N–H and O–H groups in total. The van der Waals surface area contributed by atoms with Crippen molar-refractivity contribution in [3.05, 3.63) is 84.4 Å². The Morgan fingerprint density at radius 2 is 1.61 bits per heavy atom. The lowest BCUT2D eigenvalue weighted by Crippen LogP contribution is -1.90. The zero-order chi connectivity index (χ0) is 15.9. The van der Waals surface area contributed by atoms with Gasteiger partial charge in [-0.1, -0.05) is 48.5 Å². The number of rotatable bonds is 5. The molecule has 0 spiro atoms. The summed E-state index contributed by atoms with van der Waals surface area (Å²) < 4.78 is 5.19. The number of methoxy groups -OCH3 is 1. The van der Waals surface area contributed by atoms with Crippen molar-refractivity contribution >= 4 is 11.9 Å². The first kappa shape index (κ1) is 14.9. The third-order valence-corrected chi connectivity index (χ3v) is 3.49. The Morgan fingerprint density at radius 3 is 2.35 bits per heavy atom. The highest BCUT2D eigenvalue weighted by Gasteiger charge is 1.99. The smallest absolute Gasteiger partial charge is 0.118 e. The van der Waals surface area contributed by atoms with Crippen LogP contribution in [0.5, 0.6) is 5.75 Å². The number of hydrazone groups is 1. The number of hydrogen-bond acceptors (Lipinski definition) is 3. The van der Waals surface area contributed by atoms with Crippen molar-refractivity contribution in [2.75, 3.05) is 12.5 Å². The summed E-state index contributed by atoms with van der Waals surface area (Å²) in [5.74, 6) is 0.860. The second-order valence-corrected chi connectivity index (χ2v) is 5.09. The van der Waals surface area contributed by atoms with Crippen LogP contribution in [0.25, 0.3) is 11.1 Å². The van der Waals surface area contributed by atoms with Gasteiger partial charge in [0.2, 0.25) is 0 Å². The van der Waals surface area contributed by atoms with Gasteiger partial charge in [0.15, 0.2) is 0 Å². The maximum absolute atomic E-state index is 5.19. The first-order valence-electron chi connectivity index (χ1n) is 7.44. The van der Waals surface area contributed by atoms with E-state index in [1.807, 2.05) is 60.8 Å². The van der Waals surface area contributed by atoms with E-state index in [0.717, 1.165) is 28.1 Å². The standard InChI is InChI=1S/C20H18N2O/c1-23-20-12-10-17(11-13-20)18-7-5-6-16(14-18)15-21-22-19-8-3-2-4-9-19/h2-15,22H,1H3. The van der Waals surface area contributed by atoms with E-state index in [0.29, 0.717) is 0 Å². The van der Waals surface area contributed by atoms with Crippen molar-refractivity contribution in [2.24, 2.45) is 5.10 Å². The van der Waals surface area contributed by atoms with Gasteiger partial charge in [0.25, 0.3) is 0 Å². The summed E-state index contributed by atoms with van der Waals surface area (Å²) in [4.78, 5) is 0. The van der Waals surface area contributed by atoms with Crippen LogP contribution < -0.4 is 10.2 Å². The molecular weight excluding hydrogens is 284 g/mol. The zero-order valence-electron chi connectivity index (χ0n) is 12.9. The molecule has 0 atom stereocenters. The van der Waals surface area contributed by atoms with Gasteiger partial charge in [0.1, 0.15) is 5.75 Å². The number of ether oxygens (including phenoxy) is 1. The topological polar surface area (TPSA) is 33.6 Å². The summed E-state index contributed by atoms with van der Waals surface area (Å²) in [6.07, 6.45) is 1.82. The average molecular weight is 302 g/mol. The fraction of sp³-hybridized carbons (Fsp3) is 0.0500. The van der Waals surface area contributed by atoms with Crippen LogP contribution in [0.4, 0.5) is 5.69 Å². The first-order valence-corrected chi connectivity index (χ1v) is 7.44. The van der Waals surface area contributed by atoms with Crippen LogP contribution in [0.1, 0.15) is 5.56 Å². The molecule has 0 fully saturated rings. The molecule has 0 aliphatic carbocycles. The molecule has 0 amide bonds. The molecule has 0 aliphatic heterocycles. The lowest BCUT2D eigenvalue weighted by Gasteiger charge is -2.05. The number of para-hydroxylation sites is 1. The Bertz CT molecular complexity index is 780. The Morgan fingerprint density at radius 1 is 0.826 bits per heavy atom. The van der Waals surface area contributed by atoms with Gasteiger partial charge in [-0.3, -0.25) is 5.43 Å². The summed E-state index contributed by atoms with van der Waals surface area (Å²) in [6.45, 7) is 0. The van der Waals surface area contributed by atoms with Crippen molar-refractivity contribution in [3.8, 4) is 16.9 Å². The molecule has 0 saturated heterocycles. The third kappa shape index (κ3) is 3.98. The highest BCUT2D eigenvalue weighted by atomic mass is 16.5. The van der Waals surface area contributed by atoms with Crippen molar-refractivity contribution in [1.29, 1.82) is 0 Å². The summed E-state index contributed by atoms with van der Waals surface area (Å²) in [6, 6.07) is 26.2. The summed E-state index contributed by atoms with van der Waals surface area (Å²) in [7, 11) is 1.67. The largest absolute Gasteiger partial charge is 0.497 e. The molecule has 3 heteroatoms. The van der Waals surface area contributed by atoms with E-state index in [2.05, 4.69) is 34.8 Å². The van der Waals surface area contributed by atoms with Crippen LogP contribution in [0, 0.1) is 0 Å². The highest BCUT2D eigenvalue weighted by Crippen LogP contribution is 2.22. The van der Waals surface area contributed by atoms with Crippen LogP contribution >= 0.6 is 0 Å². The highest BCUT2D eigenvalue weighted by molar-refractivity contribution is 5.83. The van der Waals surface area contributed by atoms with Crippen LogP contribution in [0.2, 0.25) is 0 Å². The van der Waals surface area contributed by atoms with E-state index in [9.17, 15) is 0 Å². The Balaban J connectivity index is 1.74. The Kier molecular flexibility index (Phi) is 4.69. The van der Waals surface area contributed by atoms with Crippen LogP contribution in [0.3, 0.4) is 0 Å². The SMILES string of the molecule is COc1ccc(-c2cccc(C=NNc3ccccc3)c2)cc1. The second-order valence-electron chi connectivity index (χ2n) is 5.09. The minimum absolute atomic E-state index is 0.860. The van der Waals surface area contributed by atoms with E-state index in [1.165, 1.54) is 0 Å². The van der Waals surface area contributed by atoms with Gasteiger partial charge in [-0.05, 0) is 47.0 Å². The third-order valence-electron chi connectivity index (χ3n) is 3.49. The van der Waals surface area contributed by atoms with E-state index < -0.39 is 0 Å². The van der Waals surface area contributed by atoms with Crippen molar-refractivity contribution in [2.45, 2.75) is 0 Å².